The number of aliphatic hydroxyl groups excluding tert-OH is 1. The number of hydrogen-bond donors (Lipinski definition) is 3. The Kier molecular flexibility index (Phi) is 6.55. The van der Waals surface area contributed by atoms with Crippen molar-refractivity contribution in [3.8, 4) is 0 Å². The van der Waals surface area contributed by atoms with Gasteiger partial charge >= 0.3 is 5.97 Å². The lowest BCUT2D eigenvalue weighted by Crippen LogP contribution is -2.05. The Morgan fingerprint density at radius 1 is 1.25 bits per heavy atom. The third-order valence-electron chi connectivity index (χ3n) is 1.68. The van der Waals surface area contributed by atoms with Gasteiger partial charge in [-0.15, -0.1) is 0 Å². The molecule has 0 amide bonds. The summed E-state index contributed by atoms with van der Waals surface area (Å²) in [5.74, 6) is -0.913. The minimum Gasteiger partial charge on any atom is -0.478 e. The van der Waals surface area contributed by atoms with Crippen molar-refractivity contribution >= 4 is 11.9 Å². The smallest absolute Gasteiger partial charge is 0.335 e. The van der Waals surface area contributed by atoms with Crippen LogP contribution in [0, 0.1) is 5.41 Å². The number of hydrogen-bond acceptors (Lipinski definition) is 4. The molecule has 0 aliphatic rings. The van der Waals surface area contributed by atoms with Crippen LogP contribution in [0.15, 0.2) is 24.3 Å². The first-order chi connectivity index (χ1) is 7.65. The van der Waals surface area contributed by atoms with E-state index in [1.807, 2.05) is 0 Å². The van der Waals surface area contributed by atoms with Crippen LogP contribution in [-0.2, 0) is 4.74 Å². The van der Waals surface area contributed by atoms with Gasteiger partial charge in [-0.2, -0.15) is 0 Å². The van der Waals surface area contributed by atoms with Crippen LogP contribution in [0.4, 0.5) is 0 Å². The zero-order chi connectivity index (χ0) is 12.6. The van der Waals surface area contributed by atoms with Gasteiger partial charge in [-0.1, -0.05) is 0 Å². The Labute approximate surface area is 93.8 Å². The predicted molar refractivity (Wildman–Crippen MR) is 60.0 cm³/mol. The summed E-state index contributed by atoms with van der Waals surface area (Å²) in [6.45, 7) is 2.22. The molecule has 3 N–H and O–H groups in total. The van der Waals surface area contributed by atoms with Crippen molar-refractivity contribution in [3.63, 3.8) is 0 Å². The van der Waals surface area contributed by atoms with Gasteiger partial charge < -0.3 is 14.9 Å². The maximum atomic E-state index is 10.5. The summed E-state index contributed by atoms with van der Waals surface area (Å²) in [4.78, 5) is 10.5. The lowest BCUT2D eigenvalue weighted by Gasteiger charge is -2.04. The second-order valence-electron chi connectivity index (χ2n) is 2.64. The highest BCUT2D eigenvalue weighted by molar-refractivity contribution is 5.93. The van der Waals surface area contributed by atoms with E-state index in [4.69, 9.17) is 20.4 Å². The summed E-state index contributed by atoms with van der Waals surface area (Å²) < 4.78 is 4.96. The number of carbonyl (C=O) groups is 1. The average Bonchev–Trinajstić information content (AvgIpc) is 2.32. The van der Waals surface area contributed by atoms with Crippen LogP contribution in [0.25, 0.3) is 0 Å². The first-order valence-electron chi connectivity index (χ1n) is 4.65. The molecule has 5 heteroatoms. The molecule has 5 nitrogen and oxygen atoms in total. The standard InChI is InChI=1S/C10H11NO3.CH4O/c1-2-14-9(11)7-3-5-8(6-4-7)10(12)13;1-2/h3-6,11H,2H2,1H3,(H,12,13);2H,1H3. The van der Waals surface area contributed by atoms with E-state index >= 15 is 0 Å². The molecular formula is C11H15NO4. The number of aromatic carboxylic acids is 1. The molecule has 0 spiro atoms. The molecule has 0 radical (unpaired) electrons. The van der Waals surface area contributed by atoms with Crippen molar-refractivity contribution in [3.05, 3.63) is 35.4 Å². The summed E-state index contributed by atoms with van der Waals surface area (Å²) in [6, 6.07) is 6.01. The van der Waals surface area contributed by atoms with Crippen molar-refractivity contribution in [1.29, 1.82) is 5.41 Å². The Morgan fingerprint density at radius 2 is 1.69 bits per heavy atom. The first-order valence-corrected chi connectivity index (χ1v) is 4.65. The molecule has 0 saturated heterocycles. The quantitative estimate of drug-likeness (QED) is 0.535. The van der Waals surface area contributed by atoms with E-state index in [1.165, 1.54) is 12.1 Å². The SMILES string of the molecule is CCOC(=N)c1ccc(C(=O)O)cc1.CO. The van der Waals surface area contributed by atoms with Gasteiger partial charge in [-0.3, -0.25) is 5.41 Å². The molecule has 0 aromatic heterocycles. The minimum atomic E-state index is -0.973. The molecule has 16 heavy (non-hydrogen) atoms. The molecule has 0 aliphatic heterocycles. The van der Waals surface area contributed by atoms with E-state index < -0.39 is 5.97 Å². The molecule has 1 aromatic rings. The Bertz CT molecular complexity index is 346. The highest BCUT2D eigenvalue weighted by atomic mass is 16.5. The summed E-state index contributed by atoms with van der Waals surface area (Å²) in [7, 11) is 1.00. The molecule has 0 unspecified atom stereocenters. The van der Waals surface area contributed by atoms with E-state index in [-0.39, 0.29) is 11.5 Å². The predicted octanol–water partition coefficient (Wildman–Crippen LogP) is 1.36. The van der Waals surface area contributed by atoms with Crippen LogP contribution < -0.4 is 0 Å². The van der Waals surface area contributed by atoms with Gasteiger partial charge in [-0.25, -0.2) is 4.79 Å². The summed E-state index contributed by atoms with van der Waals surface area (Å²) in [6.07, 6.45) is 0. The molecule has 0 atom stereocenters. The highest BCUT2D eigenvalue weighted by Crippen LogP contribution is 2.05. The van der Waals surface area contributed by atoms with Crippen molar-refractivity contribution < 1.29 is 19.7 Å². The number of carboxylic acids is 1. The van der Waals surface area contributed by atoms with E-state index in [0.29, 0.717) is 12.2 Å². The fourth-order valence-corrected chi connectivity index (χ4v) is 0.992. The Morgan fingerprint density at radius 3 is 2.06 bits per heavy atom. The Hall–Kier alpha value is -1.88. The normalized spacial score (nSPS) is 8.69. The van der Waals surface area contributed by atoms with Crippen LogP contribution in [0.5, 0.6) is 0 Å². The van der Waals surface area contributed by atoms with Crippen molar-refractivity contribution in [1.82, 2.24) is 0 Å². The van der Waals surface area contributed by atoms with Gasteiger partial charge in [0, 0.05) is 12.7 Å². The lowest BCUT2D eigenvalue weighted by atomic mass is 10.1. The number of aliphatic hydroxyl groups is 1. The molecule has 0 aliphatic carbocycles. The number of ether oxygens (including phenoxy) is 1. The van der Waals surface area contributed by atoms with Gasteiger partial charge in [-0.05, 0) is 31.2 Å². The number of benzene rings is 1. The molecular weight excluding hydrogens is 210 g/mol. The maximum Gasteiger partial charge on any atom is 0.335 e. The monoisotopic (exact) mass is 225 g/mol. The fourth-order valence-electron chi connectivity index (χ4n) is 0.992. The first kappa shape index (κ1) is 14.1. The molecule has 1 rings (SSSR count). The van der Waals surface area contributed by atoms with Crippen LogP contribution >= 0.6 is 0 Å². The zero-order valence-corrected chi connectivity index (χ0v) is 9.23. The van der Waals surface area contributed by atoms with Gasteiger partial charge in [0.1, 0.15) is 0 Å². The third-order valence-corrected chi connectivity index (χ3v) is 1.68. The summed E-state index contributed by atoms with van der Waals surface area (Å²) in [5.41, 5.74) is 0.787. The zero-order valence-electron chi connectivity index (χ0n) is 9.23. The average molecular weight is 225 g/mol. The third kappa shape index (κ3) is 4.10. The van der Waals surface area contributed by atoms with Crippen LogP contribution in [0.1, 0.15) is 22.8 Å². The number of nitrogens with one attached hydrogen (secondary N) is 1. The fraction of sp³-hybridized carbons (Fsp3) is 0.273. The topological polar surface area (TPSA) is 90.6 Å². The van der Waals surface area contributed by atoms with Crippen molar-refractivity contribution in [2.45, 2.75) is 6.92 Å². The second kappa shape index (κ2) is 7.42. The maximum absolute atomic E-state index is 10.5. The lowest BCUT2D eigenvalue weighted by molar-refractivity contribution is 0.0697. The molecule has 0 fully saturated rings. The van der Waals surface area contributed by atoms with Gasteiger partial charge in [0.25, 0.3) is 0 Å². The summed E-state index contributed by atoms with van der Waals surface area (Å²) in [5, 5.41) is 23.1. The van der Waals surface area contributed by atoms with Crippen molar-refractivity contribution in [2.24, 2.45) is 0 Å². The molecule has 0 heterocycles. The van der Waals surface area contributed by atoms with Crippen LogP contribution in [0.2, 0.25) is 0 Å². The van der Waals surface area contributed by atoms with Gasteiger partial charge in [0.2, 0.25) is 5.90 Å². The van der Waals surface area contributed by atoms with E-state index in [2.05, 4.69) is 0 Å². The van der Waals surface area contributed by atoms with Crippen LogP contribution in [0.3, 0.4) is 0 Å². The number of carboxylic acid groups (broad SMARTS) is 1. The van der Waals surface area contributed by atoms with Gasteiger partial charge in [0.05, 0.1) is 12.2 Å². The number of rotatable bonds is 3. The van der Waals surface area contributed by atoms with Crippen molar-refractivity contribution in [2.75, 3.05) is 13.7 Å². The van der Waals surface area contributed by atoms with Crippen LogP contribution in [-0.4, -0.2) is 35.8 Å². The van der Waals surface area contributed by atoms with E-state index in [9.17, 15) is 4.79 Å². The van der Waals surface area contributed by atoms with E-state index in [0.717, 1.165) is 7.11 Å². The molecule has 0 bridgehead atoms. The second-order valence-corrected chi connectivity index (χ2v) is 2.64. The molecule has 0 saturated carbocycles. The Balaban J connectivity index is 0.00000106. The summed E-state index contributed by atoms with van der Waals surface area (Å²) >= 11 is 0. The highest BCUT2D eigenvalue weighted by Gasteiger charge is 2.04. The van der Waals surface area contributed by atoms with E-state index in [1.54, 1.807) is 19.1 Å². The largest absolute Gasteiger partial charge is 0.478 e. The van der Waals surface area contributed by atoms with Gasteiger partial charge in [0.15, 0.2) is 0 Å². The molecule has 88 valence electrons. The minimum absolute atomic E-state index is 0.0597. The molecule has 1 aromatic carbocycles.